The predicted molar refractivity (Wildman–Crippen MR) is 149 cm³/mol. The van der Waals surface area contributed by atoms with Gasteiger partial charge in [0.25, 0.3) is 0 Å². The summed E-state index contributed by atoms with van der Waals surface area (Å²) in [5.74, 6) is -1.69. The lowest BCUT2D eigenvalue weighted by Crippen LogP contribution is -2.55. The van der Waals surface area contributed by atoms with Gasteiger partial charge in [0.05, 0.1) is 13.0 Å². The topological polar surface area (TPSA) is 134 Å². The third kappa shape index (κ3) is 12.0. The van der Waals surface area contributed by atoms with Crippen molar-refractivity contribution in [2.75, 3.05) is 19.7 Å². The number of alkyl carbamates (subject to hydrolysis) is 1. The van der Waals surface area contributed by atoms with E-state index in [9.17, 15) is 24.3 Å². The van der Waals surface area contributed by atoms with Gasteiger partial charge < -0.3 is 30.1 Å². The molecule has 3 N–H and O–H groups in total. The molecule has 0 aromatic heterocycles. The summed E-state index contributed by atoms with van der Waals surface area (Å²) in [4.78, 5) is 53.7. The number of nitrogens with zero attached hydrogens (tertiary/aromatic N) is 1. The number of nitrogens with one attached hydrogen (secondary N) is 2. The van der Waals surface area contributed by atoms with Crippen molar-refractivity contribution in [2.24, 2.45) is 5.92 Å². The summed E-state index contributed by atoms with van der Waals surface area (Å²) in [5.41, 5.74) is -0.342. The van der Waals surface area contributed by atoms with E-state index < -0.39 is 41.6 Å². The van der Waals surface area contributed by atoms with Crippen molar-refractivity contribution >= 4 is 23.9 Å². The summed E-state index contributed by atoms with van der Waals surface area (Å²) in [5, 5.41) is 15.7. The van der Waals surface area contributed by atoms with Crippen LogP contribution in [0.4, 0.5) is 4.79 Å². The highest BCUT2D eigenvalue weighted by molar-refractivity contribution is 5.92. The van der Waals surface area contributed by atoms with Crippen LogP contribution in [0.1, 0.15) is 92.2 Å². The van der Waals surface area contributed by atoms with E-state index in [2.05, 4.69) is 10.6 Å². The van der Waals surface area contributed by atoms with Crippen LogP contribution in [0.3, 0.4) is 0 Å². The third-order valence-corrected chi connectivity index (χ3v) is 6.12. The summed E-state index contributed by atoms with van der Waals surface area (Å²) in [6, 6.07) is 4.14. The fourth-order valence-corrected chi connectivity index (χ4v) is 3.98. The van der Waals surface area contributed by atoms with E-state index in [4.69, 9.17) is 9.47 Å². The number of esters is 1. The van der Waals surface area contributed by atoms with E-state index >= 15 is 0 Å². The molecular formula is C29H47N3O7. The maximum Gasteiger partial charge on any atom is 0.408 e. The Kier molecular flexibility index (Phi) is 14.4. The van der Waals surface area contributed by atoms with Gasteiger partial charge in [0.2, 0.25) is 11.8 Å². The molecule has 10 nitrogen and oxygen atoms in total. The number of unbranched alkanes of at least 4 members (excludes halogenated alkanes) is 2. The molecule has 1 rings (SSSR count). The molecule has 0 heterocycles. The third-order valence-electron chi connectivity index (χ3n) is 6.12. The van der Waals surface area contributed by atoms with Gasteiger partial charge in [0.1, 0.15) is 23.4 Å². The number of ether oxygens (including phenoxy) is 2. The number of carbonyl (C=O) groups is 4. The first-order valence-electron chi connectivity index (χ1n) is 13.9. The Morgan fingerprint density at radius 3 is 2.33 bits per heavy atom. The molecular weight excluding hydrogens is 502 g/mol. The summed E-state index contributed by atoms with van der Waals surface area (Å²) in [7, 11) is 0. The molecule has 0 bridgehead atoms. The Bertz CT molecular complexity index is 945. The molecule has 220 valence electrons. The Labute approximate surface area is 232 Å². The van der Waals surface area contributed by atoms with Crippen LogP contribution in [0.2, 0.25) is 0 Å². The Morgan fingerprint density at radius 2 is 1.77 bits per heavy atom. The lowest BCUT2D eigenvalue weighted by atomic mass is 9.95. The van der Waals surface area contributed by atoms with E-state index in [-0.39, 0.29) is 37.8 Å². The lowest BCUT2D eigenvalue weighted by molar-refractivity contribution is -0.145. The fraction of sp³-hybridized carbons (Fsp3) is 0.655. The molecule has 3 unspecified atom stereocenters. The van der Waals surface area contributed by atoms with Crippen LogP contribution >= 0.6 is 0 Å². The summed E-state index contributed by atoms with van der Waals surface area (Å²) >= 11 is 0. The molecule has 10 heteroatoms. The van der Waals surface area contributed by atoms with E-state index in [1.165, 1.54) is 17.0 Å². The molecule has 1 aromatic carbocycles. The van der Waals surface area contributed by atoms with Crippen molar-refractivity contribution in [1.29, 1.82) is 0 Å². The number of benzene rings is 1. The first-order valence-corrected chi connectivity index (χ1v) is 13.9. The maximum atomic E-state index is 14.1. The van der Waals surface area contributed by atoms with E-state index in [1.54, 1.807) is 39.8 Å². The van der Waals surface area contributed by atoms with Crippen LogP contribution in [-0.4, -0.2) is 65.2 Å². The minimum atomic E-state index is -1.10. The van der Waals surface area contributed by atoms with Crippen molar-refractivity contribution in [3.63, 3.8) is 0 Å². The maximum absolute atomic E-state index is 14.1. The van der Waals surface area contributed by atoms with Crippen LogP contribution in [-0.2, 0) is 23.9 Å². The van der Waals surface area contributed by atoms with Gasteiger partial charge in [-0.15, -0.1) is 0 Å². The number of hydrogen-bond donors (Lipinski definition) is 3. The normalized spacial score (nSPS) is 13.5. The monoisotopic (exact) mass is 549 g/mol. The number of phenols is 1. The van der Waals surface area contributed by atoms with Gasteiger partial charge in [-0.2, -0.15) is 0 Å². The number of aromatic hydroxyl groups is 1. The van der Waals surface area contributed by atoms with E-state index in [0.717, 1.165) is 12.8 Å². The van der Waals surface area contributed by atoms with E-state index in [0.29, 0.717) is 18.4 Å². The van der Waals surface area contributed by atoms with Crippen molar-refractivity contribution in [1.82, 2.24) is 15.5 Å². The molecule has 39 heavy (non-hydrogen) atoms. The Balaban J connectivity index is 3.44. The minimum Gasteiger partial charge on any atom is -0.508 e. The van der Waals surface area contributed by atoms with Gasteiger partial charge in [0, 0.05) is 13.1 Å². The molecule has 0 aliphatic rings. The number of carbonyl (C=O) groups excluding carboxylic acids is 4. The number of hydrogen-bond acceptors (Lipinski definition) is 7. The molecule has 0 aliphatic carbocycles. The highest BCUT2D eigenvalue weighted by Crippen LogP contribution is 2.27. The van der Waals surface area contributed by atoms with Gasteiger partial charge in [-0.05, 0) is 57.7 Å². The second kappa shape index (κ2) is 16.6. The van der Waals surface area contributed by atoms with Crippen molar-refractivity contribution in [3.8, 4) is 5.75 Å². The molecule has 0 spiro atoms. The fourth-order valence-electron chi connectivity index (χ4n) is 3.98. The van der Waals surface area contributed by atoms with Gasteiger partial charge in [0.15, 0.2) is 0 Å². The molecule has 0 saturated carbocycles. The molecule has 0 fully saturated rings. The zero-order valence-corrected chi connectivity index (χ0v) is 24.5. The SMILES string of the molecule is CCCCCN(C(=O)C(NC(=O)OC(C)(C)C)C(C)CC)C(C(=O)NCCC(=O)OCC)c1cccc(O)c1. The molecule has 1 aromatic rings. The van der Waals surface area contributed by atoms with Crippen LogP contribution in [0, 0.1) is 5.92 Å². The second-order valence-corrected chi connectivity index (χ2v) is 10.6. The van der Waals surface area contributed by atoms with Crippen molar-refractivity contribution in [2.45, 2.75) is 98.3 Å². The van der Waals surface area contributed by atoms with Crippen LogP contribution in [0.5, 0.6) is 5.75 Å². The zero-order valence-electron chi connectivity index (χ0n) is 24.5. The number of rotatable bonds is 15. The number of phenolic OH excluding ortho intramolecular Hbond substituents is 1. The molecule has 3 amide bonds. The predicted octanol–water partition coefficient (Wildman–Crippen LogP) is 4.46. The smallest absolute Gasteiger partial charge is 0.408 e. The summed E-state index contributed by atoms with van der Waals surface area (Å²) in [6.45, 7) is 13.2. The molecule has 0 radical (unpaired) electrons. The first kappa shape index (κ1) is 33.7. The van der Waals surface area contributed by atoms with E-state index in [1.807, 2.05) is 20.8 Å². The average molecular weight is 550 g/mol. The largest absolute Gasteiger partial charge is 0.508 e. The quantitative estimate of drug-likeness (QED) is 0.217. The Hall–Kier alpha value is -3.30. The summed E-state index contributed by atoms with van der Waals surface area (Å²) < 4.78 is 10.4. The summed E-state index contributed by atoms with van der Waals surface area (Å²) in [6.07, 6.45) is 2.21. The molecule has 0 saturated heterocycles. The average Bonchev–Trinajstić information content (AvgIpc) is 2.85. The van der Waals surface area contributed by atoms with Crippen LogP contribution in [0.25, 0.3) is 0 Å². The van der Waals surface area contributed by atoms with Gasteiger partial charge in [-0.25, -0.2) is 4.79 Å². The molecule has 3 atom stereocenters. The van der Waals surface area contributed by atoms with Crippen molar-refractivity contribution < 1.29 is 33.8 Å². The second-order valence-electron chi connectivity index (χ2n) is 10.6. The lowest BCUT2D eigenvalue weighted by Gasteiger charge is -2.36. The van der Waals surface area contributed by atoms with Crippen molar-refractivity contribution in [3.05, 3.63) is 29.8 Å². The highest BCUT2D eigenvalue weighted by Gasteiger charge is 2.38. The van der Waals surface area contributed by atoms with Crippen LogP contribution in [0.15, 0.2) is 24.3 Å². The molecule has 0 aliphatic heterocycles. The first-order chi connectivity index (χ1) is 18.3. The standard InChI is InChI=1S/C29H47N3O7/c1-8-11-12-18-32(27(36)24(20(4)9-2)31-28(37)39-29(5,6)7)25(21-14-13-15-22(33)19-21)26(35)30-17-16-23(34)38-10-3/h13-15,19-20,24-25,33H,8-12,16-18H2,1-7H3,(H,30,35)(H,31,37). The highest BCUT2D eigenvalue weighted by atomic mass is 16.6. The Morgan fingerprint density at radius 1 is 1.08 bits per heavy atom. The van der Waals surface area contributed by atoms with Gasteiger partial charge in [-0.3, -0.25) is 14.4 Å². The van der Waals surface area contributed by atoms with Gasteiger partial charge >= 0.3 is 12.1 Å². The minimum absolute atomic E-state index is 0.0220. The van der Waals surface area contributed by atoms with Crippen LogP contribution < -0.4 is 10.6 Å². The zero-order chi connectivity index (χ0) is 29.6. The number of amides is 3. The van der Waals surface area contributed by atoms with Gasteiger partial charge in [-0.1, -0.05) is 52.2 Å².